The van der Waals surface area contributed by atoms with Crippen LogP contribution >= 0.6 is 11.6 Å². The van der Waals surface area contributed by atoms with Crippen molar-refractivity contribution in [2.24, 2.45) is 5.92 Å². The van der Waals surface area contributed by atoms with Gasteiger partial charge in [-0.3, -0.25) is 14.2 Å². The summed E-state index contributed by atoms with van der Waals surface area (Å²) < 4.78 is 1.35. The van der Waals surface area contributed by atoms with Crippen LogP contribution in [0.3, 0.4) is 0 Å². The number of fused-ring (bicyclic) bond motifs is 1. The number of benzene rings is 1. The normalized spacial score (nSPS) is 14.4. The molecule has 0 spiro atoms. The Hall–Kier alpha value is -1.88. The monoisotopic (exact) mass is 305 g/mol. The summed E-state index contributed by atoms with van der Waals surface area (Å²) in [5.41, 5.74) is 0.326. The second-order valence-electron chi connectivity index (χ2n) is 5.56. The summed E-state index contributed by atoms with van der Waals surface area (Å²) in [6, 6.07) is 4.93. The highest BCUT2D eigenvalue weighted by molar-refractivity contribution is 6.31. The van der Waals surface area contributed by atoms with Crippen molar-refractivity contribution in [3.63, 3.8) is 0 Å². The van der Waals surface area contributed by atoms with Crippen molar-refractivity contribution in [1.82, 2.24) is 14.5 Å². The van der Waals surface area contributed by atoms with E-state index in [9.17, 15) is 9.59 Å². The van der Waals surface area contributed by atoms with Gasteiger partial charge in [0.1, 0.15) is 6.54 Å². The number of amides is 1. The highest BCUT2D eigenvalue weighted by Crippen LogP contribution is 2.29. The molecule has 1 aliphatic carbocycles. The van der Waals surface area contributed by atoms with Gasteiger partial charge in [0, 0.05) is 18.6 Å². The zero-order valence-corrected chi connectivity index (χ0v) is 12.5. The molecule has 1 aromatic carbocycles. The molecule has 0 saturated heterocycles. The minimum absolute atomic E-state index is 0.0214. The molecule has 0 aliphatic heterocycles. The number of likely N-dealkylation sites (N-methyl/N-ethyl adjacent to an activating group) is 1. The fourth-order valence-corrected chi connectivity index (χ4v) is 2.47. The Bertz CT molecular complexity index is 752. The average molecular weight is 306 g/mol. The first kappa shape index (κ1) is 14.1. The first-order valence-electron chi connectivity index (χ1n) is 6.93. The van der Waals surface area contributed by atoms with E-state index in [2.05, 4.69) is 4.98 Å². The van der Waals surface area contributed by atoms with Crippen molar-refractivity contribution >= 4 is 28.4 Å². The Balaban J connectivity index is 1.83. The van der Waals surface area contributed by atoms with E-state index < -0.39 is 0 Å². The van der Waals surface area contributed by atoms with Crippen molar-refractivity contribution in [2.75, 3.05) is 13.6 Å². The summed E-state index contributed by atoms with van der Waals surface area (Å²) in [6.07, 6.45) is 3.79. The lowest BCUT2D eigenvalue weighted by atomic mass is 10.2. The molecule has 0 bridgehead atoms. The zero-order valence-electron chi connectivity index (χ0n) is 11.8. The van der Waals surface area contributed by atoms with Crippen LogP contribution in [-0.4, -0.2) is 34.0 Å². The van der Waals surface area contributed by atoms with Crippen LogP contribution in [0.1, 0.15) is 12.8 Å². The molecule has 2 aromatic rings. The van der Waals surface area contributed by atoms with Crippen molar-refractivity contribution < 1.29 is 4.79 Å². The van der Waals surface area contributed by atoms with E-state index in [0.29, 0.717) is 21.8 Å². The lowest BCUT2D eigenvalue weighted by Crippen LogP contribution is -2.35. The third-order valence-electron chi connectivity index (χ3n) is 3.75. The van der Waals surface area contributed by atoms with E-state index in [1.807, 2.05) is 0 Å². The van der Waals surface area contributed by atoms with Gasteiger partial charge in [-0.15, -0.1) is 0 Å². The lowest BCUT2D eigenvalue weighted by Gasteiger charge is -2.17. The molecule has 1 heterocycles. The summed E-state index contributed by atoms with van der Waals surface area (Å²) >= 11 is 5.88. The van der Waals surface area contributed by atoms with Gasteiger partial charge < -0.3 is 4.90 Å². The molecule has 110 valence electrons. The number of rotatable bonds is 4. The summed E-state index contributed by atoms with van der Waals surface area (Å²) in [5, 5.41) is 1.01. The van der Waals surface area contributed by atoms with Crippen LogP contribution in [0.4, 0.5) is 0 Å². The number of hydrogen-bond acceptors (Lipinski definition) is 3. The number of carbonyl (C=O) groups is 1. The fraction of sp³-hybridized carbons (Fsp3) is 0.400. The predicted octanol–water partition coefficient (Wildman–Crippen LogP) is 1.92. The number of nitrogens with zero attached hydrogens (tertiary/aromatic N) is 3. The largest absolute Gasteiger partial charge is 0.344 e. The van der Waals surface area contributed by atoms with Gasteiger partial charge in [-0.05, 0) is 37.0 Å². The number of hydrogen-bond donors (Lipinski definition) is 0. The second kappa shape index (κ2) is 5.48. The van der Waals surface area contributed by atoms with Crippen molar-refractivity contribution in [1.29, 1.82) is 0 Å². The van der Waals surface area contributed by atoms with Crippen LogP contribution in [-0.2, 0) is 11.3 Å². The predicted molar refractivity (Wildman–Crippen MR) is 81.4 cm³/mol. The van der Waals surface area contributed by atoms with Gasteiger partial charge in [-0.25, -0.2) is 4.98 Å². The zero-order chi connectivity index (χ0) is 15.0. The molecule has 0 atom stereocenters. The van der Waals surface area contributed by atoms with Gasteiger partial charge in [0.15, 0.2) is 0 Å². The van der Waals surface area contributed by atoms with Crippen molar-refractivity contribution in [3.8, 4) is 0 Å². The summed E-state index contributed by atoms with van der Waals surface area (Å²) in [7, 11) is 1.78. The lowest BCUT2D eigenvalue weighted by molar-refractivity contribution is -0.130. The maximum absolute atomic E-state index is 12.3. The molecule has 0 unspecified atom stereocenters. The summed E-state index contributed by atoms with van der Waals surface area (Å²) in [5.74, 6) is 0.562. The number of carbonyl (C=O) groups excluding carboxylic acids is 1. The molecule has 1 aromatic heterocycles. The Morgan fingerprint density at radius 3 is 2.95 bits per heavy atom. The van der Waals surface area contributed by atoms with Gasteiger partial charge >= 0.3 is 0 Å². The first-order chi connectivity index (χ1) is 10.0. The molecule has 1 saturated carbocycles. The highest BCUT2D eigenvalue weighted by atomic mass is 35.5. The van der Waals surface area contributed by atoms with Gasteiger partial charge in [-0.1, -0.05) is 11.6 Å². The molecule has 3 rings (SSSR count). The standard InChI is InChI=1S/C15H16ClN3O2/c1-18(7-10-2-3-10)14(20)8-19-9-17-13-6-11(16)4-5-12(13)15(19)21/h4-6,9-10H,2-3,7-8H2,1H3. The molecule has 0 radical (unpaired) electrons. The van der Waals surface area contributed by atoms with Gasteiger partial charge in [0.2, 0.25) is 5.91 Å². The molecular weight excluding hydrogens is 290 g/mol. The number of aromatic nitrogens is 2. The van der Waals surface area contributed by atoms with Crippen LogP contribution in [0.25, 0.3) is 10.9 Å². The first-order valence-corrected chi connectivity index (χ1v) is 7.31. The van der Waals surface area contributed by atoms with E-state index >= 15 is 0 Å². The van der Waals surface area contributed by atoms with Crippen LogP contribution in [0.2, 0.25) is 5.02 Å². The molecule has 1 aliphatic rings. The minimum atomic E-state index is -0.218. The van der Waals surface area contributed by atoms with Crippen molar-refractivity contribution in [3.05, 3.63) is 39.9 Å². The number of halogens is 1. The van der Waals surface area contributed by atoms with Crippen LogP contribution in [0.5, 0.6) is 0 Å². The molecule has 5 nitrogen and oxygen atoms in total. The smallest absolute Gasteiger partial charge is 0.261 e. The van der Waals surface area contributed by atoms with E-state index in [-0.39, 0.29) is 18.0 Å². The fourth-order valence-electron chi connectivity index (χ4n) is 2.30. The summed E-state index contributed by atoms with van der Waals surface area (Å²) in [6.45, 7) is 0.790. The Labute approximate surface area is 127 Å². The van der Waals surface area contributed by atoms with E-state index in [1.165, 1.54) is 23.7 Å². The second-order valence-corrected chi connectivity index (χ2v) is 5.99. The highest BCUT2D eigenvalue weighted by Gasteiger charge is 2.25. The molecular formula is C15H16ClN3O2. The van der Waals surface area contributed by atoms with Crippen LogP contribution < -0.4 is 5.56 Å². The quantitative estimate of drug-likeness (QED) is 0.867. The maximum atomic E-state index is 12.3. The topological polar surface area (TPSA) is 55.2 Å². The van der Waals surface area contributed by atoms with E-state index in [1.54, 1.807) is 30.1 Å². The Morgan fingerprint density at radius 1 is 1.48 bits per heavy atom. The third kappa shape index (κ3) is 3.08. The van der Waals surface area contributed by atoms with Crippen molar-refractivity contribution in [2.45, 2.75) is 19.4 Å². The van der Waals surface area contributed by atoms with Crippen LogP contribution in [0.15, 0.2) is 29.3 Å². The van der Waals surface area contributed by atoms with E-state index in [4.69, 9.17) is 11.6 Å². The molecule has 1 amide bonds. The minimum Gasteiger partial charge on any atom is -0.344 e. The van der Waals surface area contributed by atoms with Gasteiger partial charge in [0.05, 0.1) is 17.2 Å². The summed E-state index contributed by atoms with van der Waals surface area (Å²) in [4.78, 5) is 30.4. The Kier molecular flexibility index (Phi) is 3.68. The molecule has 0 N–H and O–H groups in total. The van der Waals surface area contributed by atoms with E-state index in [0.717, 1.165) is 6.54 Å². The van der Waals surface area contributed by atoms with Gasteiger partial charge in [0.25, 0.3) is 5.56 Å². The molecule has 21 heavy (non-hydrogen) atoms. The Morgan fingerprint density at radius 2 is 2.24 bits per heavy atom. The molecule has 6 heteroatoms. The maximum Gasteiger partial charge on any atom is 0.261 e. The van der Waals surface area contributed by atoms with Gasteiger partial charge in [-0.2, -0.15) is 0 Å². The average Bonchev–Trinajstić information content (AvgIpc) is 3.25. The van der Waals surface area contributed by atoms with Crippen LogP contribution in [0, 0.1) is 5.92 Å². The SMILES string of the molecule is CN(CC1CC1)C(=O)Cn1cnc2cc(Cl)ccc2c1=O. The third-order valence-corrected chi connectivity index (χ3v) is 3.98. The molecule has 1 fully saturated rings.